The average Bonchev–Trinajstić information content (AvgIpc) is 2.83. The van der Waals surface area contributed by atoms with E-state index in [1.165, 1.54) is 32.1 Å². The van der Waals surface area contributed by atoms with Crippen LogP contribution in [0, 0.1) is 11.8 Å². The largest absolute Gasteiger partial charge is 0.441 e. The van der Waals surface area contributed by atoms with Gasteiger partial charge in [-0.1, -0.05) is 55.8 Å². The molecular formula is C26H41ClN4O3. The van der Waals surface area contributed by atoms with E-state index in [1.807, 2.05) is 43.1 Å². The summed E-state index contributed by atoms with van der Waals surface area (Å²) in [7, 11) is 1.94. The number of likely N-dealkylation sites (tertiary alicyclic amines) is 1. The lowest BCUT2D eigenvalue weighted by Gasteiger charge is -2.37. The molecule has 1 heterocycles. The lowest BCUT2D eigenvalue weighted by atomic mass is 9.85. The third-order valence-corrected chi connectivity index (χ3v) is 7.26. The van der Waals surface area contributed by atoms with Gasteiger partial charge in [-0.15, -0.1) is 0 Å². The summed E-state index contributed by atoms with van der Waals surface area (Å²) >= 11 is 6.24. The van der Waals surface area contributed by atoms with Gasteiger partial charge in [0.25, 0.3) is 0 Å². The molecule has 3 N–H and O–H groups in total. The summed E-state index contributed by atoms with van der Waals surface area (Å²) in [5.74, 6) is 0.695. The number of halogens is 1. The number of rotatable bonds is 9. The Hall–Kier alpha value is -1.99. The van der Waals surface area contributed by atoms with Gasteiger partial charge in [-0.2, -0.15) is 0 Å². The van der Waals surface area contributed by atoms with E-state index in [0.29, 0.717) is 30.6 Å². The third kappa shape index (κ3) is 8.05. The zero-order valence-electron chi connectivity index (χ0n) is 20.7. The molecule has 0 aromatic heterocycles. The van der Waals surface area contributed by atoms with Gasteiger partial charge in [-0.05, 0) is 56.8 Å². The van der Waals surface area contributed by atoms with Crippen LogP contribution >= 0.6 is 11.6 Å². The smallest absolute Gasteiger partial charge is 0.407 e. The Kier molecular flexibility index (Phi) is 10.8. The topological polar surface area (TPSA) is 82.7 Å². The fraction of sp³-hybridized carbons (Fsp3) is 0.692. The molecule has 8 heteroatoms. The van der Waals surface area contributed by atoms with E-state index < -0.39 is 12.2 Å². The zero-order chi connectivity index (χ0) is 24.3. The van der Waals surface area contributed by atoms with Crippen molar-refractivity contribution in [2.45, 2.75) is 70.4 Å². The van der Waals surface area contributed by atoms with Gasteiger partial charge in [0.05, 0.1) is 0 Å². The molecule has 3 atom stereocenters. The Balaban J connectivity index is 1.66. The number of piperidine rings is 1. The van der Waals surface area contributed by atoms with E-state index >= 15 is 0 Å². The van der Waals surface area contributed by atoms with Crippen molar-refractivity contribution in [3.63, 3.8) is 0 Å². The molecule has 2 aliphatic rings. The normalized spacial score (nSPS) is 20.9. The van der Waals surface area contributed by atoms with E-state index in [2.05, 4.69) is 16.0 Å². The standard InChI is InChI=1S/C26H41ClN4O3/c1-3-29-26(33)34-24(20-11-7-13-22(27)16-20)21-12-8-14-31(18-21)25(32)30-23(17-28-2)15-19-9-5-4-6-10-19/h7,11,13,16,19,21,23-24,28H,3-6,8-10,12,14-15,17-18H2,1-2H3,(H,29,33)(H,30,32). The Labute approximate surface area is 209 Å². The molecule has 0 bridgehead atoms. The molecule has 1 saturated carbocycles. The highest BCUT2D eigenvalue weighted by Crippen LogP contribution is 2.34. The quantitative estimate of drug-likeness (QED) is 0.447. The van der Waals surface area contributed by atoms with Gasteiger partial charge in [0.15, 0.2) is 0 Å². The fourth-order valence-corrected chi connectivity index (χ4v) is 5.59. The van der Waals surface area contributed by atoms with Crippen molar-refractivity contribution in [1.29, 1.82) is 0 Å². The molecule has 2 fully saturated rings. The second kappa shape index (κ2) is 13.8. The van der Waals surface area contributed by atoms with Crippen LogP contribution in [0.3, 0.4) is 0 Å². The average molecular weight is 493 g/mol. The Morgan fingerprint density at radius 2 is 1.97 bits per heavy atom. The van der Waals surface area contributed by atoms with Crippen molar-refractivity contribution in [3.05, 3.63) is 34.9 Å². The number of hydrogen-bond donors (Lipinski definition) is 3. The summed E-state index contributed by atoms with van der Waals surface area (Å²) in [4.78, 5) is 27.4. The lowest BCUT2D eigenvalue weighted by molar-refractivity contribution is 0.0344. The molecule has 1 aromatic rings. The van der Waals surface area contributed by atoms with Crippen LogP contribution in [0.4, 0.5) is 9.59 Å². The minimum Gasteiger partial charge on any atom is -0.441 e. The third-order valence-electron chi connectivity index (χ3n) is 7.03. The van der Waals surface area contributed by atoms with Crippen LogP contribution in [-0.2, 0) is 4.74 Å². The summed E-state index contributed by atoms with van der Waals surface area (Å²) in [6.07, 6.45) is 8.32. The SMILES string of the molecule is CCNC(=O)OC(c1cccc(Cl)c1)C1CCCN(C(=O)NC(CNC)CC2CCCCC2)C1. The minimum atomic E-state index is -0.462. The predicted octanol–water partition coefficient (Wildman–Crippen LogP) is 5.11. The molecule has 3 amide bonds. The van der Waals surface area contributed by atoms with Gasteiger partial charge < -0.3 is 25.6 Å². The molecule has 0 radical (unpaired) electrons. The number of urea groups is 1. The first-order chi connectivity index (χ1) is 16.5. The number of nitrogens with zero attached hydrogens (tertiary/aromatic N) is 1. The number of alkyl carbamates (subject to hydrolysis) is 1. The molecule has 1 saturated heterocycles. The van der Waals surface area contributed by atoms with Crippen LogP contribution in [0.15, 0.2) is 24.3 Å². The van der Waals surface area contributed by atoms with E-state index in [9.17, 15) is 9.59 Å². The predicted molar refractivity (Wildman–Crippen MR) is 136 cm³/mol. The van der Waals surface area contributed by atoms with Gasteiger partial charge in [-0.3, -0.25) is 0 Å². The highest BCUT2D eigenvalue weighted by atomic mass is 35.5. The van der Waals surface area contributed by atoms with Crippen LogP contribution in [-0.4, -0.2) is 56.3 Å². The Morgan fingerprint density at radius 3 is 2.68 bits per heavy atom. The molecule has 190 valence electrons. The number of likely N-dealkylation sites (N-methyl/N-ethyl adjacent to an activating group) is 1. The van der Waals surface area contributed by atoms with E-state index in [4.69, 9.17) is 16.3 Å². The van der Waals surface area contributed by atoms with Gasteiger partial charge in [0, 0.05) is 43.2 Å². The maximum Gasteiger partial charge on any atom is 0.407 e. The second-order valence-corrected chi connectivity index (χ2v) is 10.1. The number of carbonyl (C=O) groups excluding carboxylic acids is 2. The molecule has 1 aromatic carbocycles. The van der Waals surface area contributed by atoms with Crippen molar-refractivity contribution < 1.29 is 14.3 Å². The molecule has 3 rings (SSSR count). The molecule has 3 unspecified atom stereocenters. The lowest BCUT2D eigenvalue weighted by Crippen LogP contribution is -2.52. The second-order valence-electron chi connectivity index (χ2n) is 9.70. The first kappa shape index (κ1) is 26.6. The van der Waals surface area contributed by atoms with Crippen LogP contribution in [0.1, 0.15) is 70.0 Å². The number of ether oxygens (including phenoxy) is 1. The Bertz CT molecular complexity index is 787. The van der Waals surface area contributed by atoms with Crippen LogP contribution in [0.2, 0.25) is 5.02 Å². The molecule has 7 nitrogen and oxygen atoms in total. The molecule has 1 aliphatic carbocycles. The van der Waals surface area contributed by atoms with Crippen molar-refractivity contribution in [2.24, 2.45) is 11.8 Å². The summed E-state index contributed by atoms with van der Waals surface area (Å²) in [5, 5.41) is 9.85. The van der Waals surface area contributed by atoms with E-state index in [-0.39, 0.29) is 18.0 Å². The van der Waals surface area contributed by atoms with Gasteiger partial charge in [0.1, 0.15) is 6.10 Å². The van der Waals surface area contributed by atoms with Crippen molar-refractivity contribution in [3.8, 4) is 0 Å². The summed E-state index contributed by atoms with van der Waals surface area (Å²) in [6.45, 7) is 4.37. The molecule has 34 heavy (non-hydrogen) atoms. The fourth-order valence-electron chi connectivity index (χ4n) is 5.39. The minimum absolute atomic E-state index is 0.00154. The van der Waals surface area contributed by atoms with Crippen LogP contribution < -0.4 is 16.0 Å². The van der Waals surface area contributed by atoms with Crippen LogP contribution in [0.5, 0.6) is 0 Å². The first-order valence-corrected chi connectivity index (χ1v) is 13.3. The maximum atomic E-state index is 13.3. The van der Waals surface area contributed by atoms with Crippen molar-refractivity contribution in [2.75, 3.05) is 33.2 Å². The summed E-state index contributed by atoms with van der Waals surface area (Å²) in [5.41, 5.74) is 0.858. The highest BCUT2D eigenvalue weighted by Gasteiger charge is 2.34. The maximum absolute atomic E-state index is 13.3. The van der Waals surface area contributed by atoms with Crippen LogP contribution in [0.25, 0.3) is 0 Å². The van der Waals surface area contributed by atoms with Gasteiger partial charge in [0.2, 0.25) is 0 Å². The number of benzene rings is 1. The highest BCUT2D eigenvalue weighted by molar-refractivity contribution is 6.30. The number of amides is 3. The van der Waals surface area contributed by atoms with Gasteiger partial charge in [-0.25, -0.2) is 9.59 Å². The number of hydrogen-bond acceptors (Lipinski definition) is 4. The van der Waals surface area contributed by atoms with Gasteiger partial charge >= 0.3 is 12.1 Å². The Morgan fingerprint density at radius 1 is 1.18 bits per heavy atom. The summed E-state index contributed by atoms with van der Waals surface area (Å²) in [6, 6.07) is 7.55. The van der Waals surface area contributed by atoms with Crippen molar-refractivity contribution >= 4 is 23.7 Å². The van der Waals surface area contributed by atoms with E-state index in [0.717, 1.165) is 31.4 Å². The molecule has 0 spiro atoms. The van der Waals surface area contributed by atoms with E-state index in [1.54, 1.807) is 0 Å². The monoisotopic (exact) mass is 492 g/mol. The van der Waals surface area contributed by atoms with Crippen molar-refractivity contribution in [1.82, 2.24) is 20.9 Å². The number of nitrogens with one attached hydrogen (secondary N) is 3. The zero-order valence-corrected chi connectivity index (χ0v) is 21.4. The number of carbonyl (C=O) groups is 2. The molecule has 1 aliphatic heterocycles. The summed E-state index contributed by atoms with van der Waals surface area (Å²) < 4.78 is 5.84. The molecular weight excluding hydrogens is 452 g/mol. The first-order valence-electron chi connectivity index (χ1n) is 12.9.